The lowest BCUT2D eigenvalue weighted by molar-refractivity contribution is -0.114. The fourth-order valence-corrected chi connectivity index (χ4v) is 4.48. The van der Waals surface area contributed by atoms with Gasteiger partial charge in [0.15, 0.2) is 16.7 Å². The minimum Gasteiger partial charge on any atom is -0.482 e. The second kappa shape index (κ2) is 10.0. The van der Waals surface area contributed by atoms with Gasteiger partial charge in [-0.2, -0.15) is 5.10 Å². The van der Waals surface area contributed by atoms with Gasteiger partial charge in [0.1, 0.15) is 11.9 Å². The number of nitrogens with one attached hydrogen (secondary N) is 1. The Labute approximate surface area is 222 Å². The number of anilines is 1. The lowest BCUT2D eigenvalue weighted by Crippen LogP contribution is -2.32. The molecule has 0 saturated heterocycles. The number of ether oxygens (including phenoxy) is 1. The molecule has 0 spiro atoms. The van der Waals surface area contributed by atoms with Crippen LogP contribution in [0.2, 0.25) is 5.15 Å². The quantitative estimate of drug-likeness (QED) is 0.408. The molecule has 8 nitrogen and oxygen atoms in total. The monoisotopic (exact) mass is 516 g/mol. The predicted molar refractivity (Wildman–Crippen MR) is 145 cm³/mol. The van der Waals surface area contributed by atoms with Crippen LogP contribution in [0.15, 0.2) is 41.0 Å². The zero-order chi connectivity index (χ0) is 27.1. The number of carbonyl (C=O) groups excluding carboxylic acids is 1. The highest BCUT2D eigenvalue weighted by atomic mass is 35.5. The third-order valence-electron chi connectivity index (χ3n) is 5.86. The SMILES string of the molecule is [B]C([B])(C)n1nc(Cl)c2c1-c1cnc(NC(C)=O)c(c1)O[C@H](C)c1cc(F)ccc1/C(N)=C(/C=NC)C2. The molecule has 2 bridgehead atoms. The second-order valence-corrected chi connectivity index (χ2v) is 9.36. The summed E-state index contributed by atoms with van der Waals surface area (Å²) < 4.78 is 22.0. The third-order valence-corrected chi connectivity index (χ3v) is 6.16. The van der Waals surface area contributed by atoms with Gasteiger partial charge in [-0.05, 0) is 42.1 Å². The van der Waals surface area contributed by atoms with Crippen molar-refractivity contribution in [1.82, 2.24) is 14.8 Å². The first-order valence-corrected chi connectivity index (χ1v) is 11.8. The number of aromatic nitrogens is 3. The molecule has 1 aromatic carbocycles. The topological polar surface area (TPSA) is 107 Å². The Morgan fingerprint density at radius 2 is 2.14 bits per heavy atom. The number of nitrogens with two attached hydrogens (primary N) is 1. The number of rotatable bonds is 3. The van der Waals surface area contributed by atoms with Crippen molar-refractivity contribution >= 4 is 50.9 Å². The molecule has 1 amide bonds. The maximum Gasteiger partial charge on any atom is 0.222 e. The molecule has 186 valence electrons. The normalized spacial score (nSPS) is 17.8. The van der Waals surface area contributed by atoms with Crippen LogP contribution in [0.1, 0.15) is 43.6 Å². The molecule has 0 aliphatic carbocycles. The maximum atomic E-state index is 14.4. The van der Waals surface area contributed by atoms with Crippen molar-refractivity contribution in [2.24, 2.45) is 10.7 Å². The van der Waals surface area contributed by atoms with Gasteiger partial charge in [-0.25, -0.2) is 9.37 Å². The summed E-state index contributed by atoms with van der Waals surface area (Å²) in [5, 5.41) is 5.81. The summed E-state index contributed by atoms with van der Waals surface area (Å²) in [5.74, 6) is -0.376. The van der Waals surface area contributed by atoms with Gasteiger partial charge < -0.3 is 15.8 Å². The largest absolute Gasteiger partial charge is 0.482 e. The predicted octanol–water partition coefficient (Wildman–Crippen LogP) is 3.73. The highest BCUT2D eigenvalue weighted by Gasteiger charge is 2.28. The summed E-state index contributed by atoms with van der Waals surface area (Å²) >= 11 is 6.62. The number of allylic oxidation sites excluding steroid dienone is 1. The second-order valence-electron chi connectivity index (χ2n) is 9.00. The molecule has 3 heterocycles. The fourth-order valence-electron chi connectivity index (χ4n) is 4.25. The standard InChI is InChI=1S/C25H24B2ClFN6O2/c1-12-18-9-16(29)5-6-17(18)21(30)14(10-31-4)7-19-22(35(25(3,26)27)34-23(19)28)15-8-20(37-12)24(32-11-15)33-13(2)36/h5-6,8-12H,7,30H2,1-4H3,(H,32,33,36)/b21-14-,31-10?/t12-/m1/s1. The van der Waals surface area contributed by atoms with Gasteiger partial charge in [0, 0.05) is 60.8 Å². The zero-order valence-corrected chi connectivity index (χ0v) is 21.6. The van der Waals surface area contributed by atoms with Gasteiger partial charge in [0.05, 0.1) is 21.4 Å². The lowest BCUT2D eigenvalue weighted by atomic mass is 9.63. The van der Waals surface area contributed by atoms with E-state index in [1.165, 1.54) is 29.9 Å². The molecular formula is C25H24B2ClFN6O2. The lowest BCUT2D eigenvalue weighted by Gasteiger charge is -2.26. The van der Waals surface area contributed by atoms with Crippen LogP contribution in [-0.4, -0.2) is 49.6 Å². The summed E-state index contributed by atoms with van der Waals surface area (Å²) in [7, 11) is 14.1. The molecule has 3 aromatic rings. The van der Waals surface area contributed by atoms with E-state index < -0.39 is 17.3 Å². The average Bonchev–Trinajstić information content (AvgIpc) is 3.15. The van der Waals surface area contributed by atoms with E-state index >= 15 is 0 Å². The van der Waals surface area contributed by atoms with Crippen molar-refractivity contribution in [3.8, 4) is 17.0 Å². The van der Waals surface area contributed by atoms with Crippen molar-refractivity contribution in [3.05, 3.63) is 63.7 Å². The average molecular weight is 517 g/mol. The number of hydrogen-bond acceptors (Lipinski definition) is 6. The molecule has 0 unspecified atom stereocenters. The molecule has 1 aliphatic heterocycles. The third kappa shape index (κ3) is 5.27. The van der Waals surface area contributed by atoms with E-state index in [2.05, 4.69) is 20.4 Å². The van der Waals surface area contributed by atoms with E-state index in [0.717, 1.165) is 0 Å². The minimum absolute atomic E-state index is 0.157. The highest BCUT2D eigenvalue weighted by Crippen LogP contribution is 2.39. The minimum atomic E-state index is -1.42. The summed E-state index contributed by atoms with van der Waals surface area (Å²) in [5.41, 5.74) is 10.3. The molecule has 4 rings (SSSR count). The first kappa shape index (κ1) is 26.5. The van der Waals surface area contributed by atoms with E-state index in [1.54, 1.807) is 39.2 Å². The van der Waals surface area contributed by atoms with Gasteiger partial charge in [-0.15, -0.1) is 0 Å². The molecular weight excluding hydrogens is 492 g/mol. The van der Waals surface area contributed by atoms with E-state index in [1.807, 2.05) is 0 Å². The van der Waals surface area contributed by atoms with Gasteiger partial charge in [0.2, 0.25) is 5.91 Å². The van der Waals surface area contributed by atoms with Crippen LogP contribution in [0.4, 0.5) is 10.2 Å². The Bertz CT molecular complexity index is 1450. The zero-order valence-electron chi connectivity index (χ0n) is 20.8. The summed E-state index contributed by atoms with van der Waals surface area (Å²) in [6.45, 7) is 4.68. The van der Waals surface area contributed by atoms with Gasteiger partial charge in [-0.1, -0.05) is 18.5 Å². The van der Waals surface area contributed by atoms with E-state index in [9.17, 15) is 9.18 Å². The summed E-state index contributed by atoms with van der Waals surface area (Å²) in [6, 6.07) is 5.94. The van der Waals surface area contributed by atoms with E-state index in [0.29, 0.717) is 39.2 Å². The van der Waals surface area contributed by atoms with Crippen molar-refractivity contribution in [1.29, 1.82) is 0 Å². The molecule has 0 saturated carbocycles. The summed E-state index contributed by atoms with van der Waals surface area (Å²) in [4.78, 5) is 20.4. The molecule has 3 N–H and O–H groups in total. The van der Waals surface area contributed by atoms with Gasteiger partial charge in [-0.3, -0.25) is 14.5 Å². The summed E-state index contributed by atoms with van der Waals surface area (Å²) in [6.07, 6.45) is 2.67. The van der Waals surface area contributed by atoms with Crippen LogP contribution in [-0.2, 0) is 16.6 Å². The number of nitrogens with zero attached hydrogens (tertiary/aromatic N) is 4. The number of benzene rings is 1. The van der Waals surface area contributed by atoms with Crippen LogP contribution in [0, 0.1) is 5.82 Å². The molecule has 1 atom stereocenters. The van der Waals surface area contributed by atoms with Gasteiger partial charge in [0.25, 0.3) is 0 Å². The Balaban J connectivity index is 2.10. The number of aliphatic imine (C=N–C) groups is 1. The number of amides is 1. The molecule has 12 heteroatoms. The highest BCUT2D eigenvalue weighted by molar-refractivity contribution is 6.37. The van der Waals surface area contributed by atoms with Crippen LogP contribution < -0.4 is 15.8 Å². The number of fused-ring (bicyclic) bond motifs is 5. The molecule has 2 aromatic heterocycles. The number of hydrogen-bond donors (Lipinski definition) is 2. The fraction of sp³-hybridized carbons (Fsp3) is 0.280. The first-order chi connectivity index (χ1) is 17.4. The Hall–Kier alpha value is -3.59. The van der Waals surface area contributed by atoms with Gasteiger partial charge >= 0.3 is 0 Å². The van der Waals surface area contributed by atoms with E-state index in [-0.39, 0.29) is 29.0 Å². The number of pyridine rings is 1. The molecule has 4 radical (unpaired) electrons. The van der Waals surface area contributed by atoms with Crippen molar-refractivity contribution in [2.75, 3.05) is 12.4 Å². The van der Waals surface area contributed by atoms with Crippen molar-refractivity contribution in [2.45, 2.75) is 38.6 Å². The van der Waals surface area contributed by atoms with Crippen molar-refractivity contribution < 1.29 is 13.9 Å². The Kier molecular flexibility index (Phi) is 7.19. The Morgan fingerprint density at radius 3 is 2.78 bits per heavy atom. The van der Waals surface area contributed by atoms with Crippen LogP contribution in [0.5, 0.6) is 5.75 Å². The van der Waals surface area contributed by atoms with E-state index in [4.69, 9.17) is 37.8 Å². The molecule has 37 heavy (non-hydrogen) atoms. The Morgan fingerprint density at radius 1 is 1.41 bits per heavy atom. The number of halogens is 2. The van der Waals surface area contributed by atoms with Crippen molar-refractivity contribution in [3.63, 3.8) is 0 Å². The number of carbonyl (C=O) groups is 1. The first-order valence-electron chi connectivity index (χ1n) is 11.4. The molecule has 0 fully saturated rings. The molecule has 1 aliphatic rings. The van der Waals surface area contributed by atoms with Crippen LogP contribution >= 0.6 is 11.6 Å². The van der Waals surface area contributed by atoms with Crippen LogP contribution in [0.25, 0.3) is 17.0 Å². The van der Waals surface area contributed by atoms with Crippen LogP contribution in [0.3, 0.4) is 0 Å². The smallest absolute Gasteiger partial charge is 0.222 e. The maximum absolute atomic E-state index is 14.4.